The van der Waals surface area contributed by atoms with E-state index in [0.29, 0.717) is 13.1 Å². The van der Waals surface area contributed by atoms with Crippen molar-refractivity contribution < 1.29 is 9.59 Å². The van der Waals surface area contributed by atoms with Crippen LogP contribution in [0, 0.1) is 6.92 Å². The number of carbonyl (C=O) groups excluding carboxylic acids is 2. The lowest BCUT2D eigenvalue weighted by atomic mass is 9.90. The maximum absolute atomic E-state index is 13.3. The molecule has 3 aromatic carbocycles. The molecule has 1 aliphatic heterocycles. The highest BCUT2D eigenvalue weighted by Crippen LogP contribution is 2.25. The van der Waals surface area contributed by atoms with E-state index in [-0.39, 0.29) is 23.8 Å². The zero-order valence-electron chi connectivity index (χ0n) is 17.8. The van der Waals surface area contributed by atoms with Gasteiger partial charge in [0.2, 0.25) is 5.91 Å². The number of carbonyl (C=O) groups is 2. The van der Waals surface area contributed by atoms with Gasteiger partial charge in [-0.1, -0.05) is 78.4 Å². The molecule has 4 rings (SSSR count). The summed E-state index contributed by atoms with van der Waals surface area (Å²) < 4.78 is 0. The van der Waals surface area contributed by atoms with Gasteiger partial charge in [0.05, 0.1) is 5.92 Å². The first kappa shape index (κ1) is 20.9. The molecular weight excluding hydrogens is 384 g/mol. The summed E-state index contributed by atoms with van der Waals surface area (Å²) in [6.07, 6.45) is 1.53. The van der Waals surface area contributed by atoms with Crippen LogP contribution in [0.5, 0.6) is 0 Å². The second-order valence-corrected chi connectivity index (χ2v) is 8.20. The van der Waals surface area contributed by atoms with Gasteiger partial charge in [0, 0.05) is 24.7 Å². The number of amides is 2. The Labute approximate surface area is 183 Å². The Morgan fingerprint density at radius 2 is 1.42 bits per heavy atom. The first-order valence-corrected chi connectivity index (χ1v) is 10.9. The lowest BCUT2D eigenvalue weighted by Crippen LogP contribution is -2.47. The maximum atomic E-state index is 13.3. The summed E-state index contributed by atoms with van der Waals surface area (Å²) in [7, 11) is 0. The number of nitrogens with zero attached hydrogens (tertiary/aromatic N) is 1. The molecule has 0 aliphatic carbocycles. The number of nitrogens with one attached hydrogen (secondary N) is 1. The predicted octanol–water partition coefficient (Wildman–Crippen LogP) is 4.55. The number of hydrogen-bond acceptors (Lipinski definition) is 2. The molecule has 31 heavy (non-hydrogen) atoms. The molecule has 158 valence electrons. The van der Waals surface area contributed by atoms with Crippen LogP contribution >= 0.6 is 0 Å². The summed E-state index contributed by atoms with van der Waals surface area (Å²) in [6.45, 7) is 3.30. The van der Waals surface area contributed by atoms with Gasteiger partial charge in [-0.15, -0.1) is 0 Å². The van der Waals surface area contributed by atoms with Crippen molar-refractivity contribution in [2.45, 2.75) is 31.7 Å². The molecule has 0 aromatic heterocycles. The van der Waals surface area contributed by atoms with Gasteiger partial charge >= 0.3 is 0 Å². The highest BCUT2D eigenvalue weighted by molar-refractivity contribution is 5.94. The van der Waals surface area contributed by atoms with Crippen LogP contribution in [0.25, 0.3) is 0 Å². The van der Waals surface area contributed by atoms with Crippen LogP contribution in [0.15, 0.2) is 84.9 Å². The van der Waals surface area contributed by atoms with E-state index >= 15 is 0 Å². The summed E-state index contributed by atoms with van der Waals surface area (Å²) >= 11 is 0. The van der Waals surface area contributed by atoms with Gasteiger partial charge in [0.1, 0.15) is 0 Å². The topological polar surface area (TPSA) is 49.4 Å². The van der Waals surface area contributed by atoms with Gasteiger partial charge < -0.3 is 10.2 Å². The van der Waals surface area contributed by atoms with Crippen molar-refractivity contribution in [1.29, 1.82) is 0 Å². The van der Waals surface area contributed by atoms with Crippen LogP contribution in [0.1, 0.15) is 45.8 Å². The molecule has 0 bridgehead atoms. The lowest BCUT2D eigenvalue weighted by Gasteiger charge is -2.33. The van der Waals surface area contributed by atoms with Crippen LogP contribution in [-0.2, 0) is 4.79 Å². The molecule has 1 fully saturated rings. The number of piperidine rings is 1. The molecule has 4 heteroatoms. The van der Waals surface area contributed by atoms with Gasteiger partial charge in [0.15, 0.2) is 0 Å². The average molecular weight is 413 g/mol. The third-order valence-electron chi connectivity index (χ3n) is 5.92. The third kappa shape index (κ3) is 5.02. The average Bonchev–Trinajstić information content (AvgIpc) is 2.81. The van der Waals surface area contributed by atoms with Crippen molar-refractivity contribution in [3.05, 3.63) is 107 Å². The van der Waals surface area contributed by atoms with Crippen LogP contribution in [0.3, 0.4) is 0 Å². The summed E-state index contributed by atoms with van der Waals surface area (Å²) in [5.74, 6) is -0.254. The number of rotatable bonds is 5. The maximum Gasteiger partial charge on any atom is 0.253 e. The van der Waals surface area contributed by atoms with E-state index in [1.165, 1.54) is 0 Å². The molecule has 1 N–H and O–H groups in total. The number of likely N-dealkylation sites (tertiary alicyclic amines) is 1. The van der Waals surface area contributed by atoms with E-state index in [4.69, 9.17) is 0 Å². The minimum atomic E-state index is -0.339. The zero-order chi connectivity index (χ0) is 21.6. The molecule has 0 unspecified atom stereocenters. The first-order valence-electron chi connectivity index (χ1n) is 10.9. The molecule has 0 atom stereocenters. The van der Waals surface area contributed by atoms with Crippen LogP contribution < -0.4 is 5.32 Å². The van der Waals surface area contributed by atoms with E-state index in [1.807, 2.05) is 96.8 Å². The lowest BCUT2D eigenvalue weighted by molar-refractivity contribution is -0.122. The minimum absolute atomic E-state index is 0.0147. The number of aryl methyl sites for hydroxylation is 1. The second kappa shape index (κ2) is 9.61. The van der Waals surface area contributed by atoms with Gasteiger partial charge in [-0.2, -0.15) is 0 Å². The quantitative estimate of drug-likeness (QED) is 0.668. The molecule has 4 nitrogen and oxygen atoms in total. The minimum Gasteiger partial charge on any atom is -0.352 e. The second-order valence-electron chi connectivity index (χ2n) is 8.20. The van der Waals surface area contributed by atoms with Gasteiger partial charge in [-0.3, -0.25) is 9.59 Å². The van der Waals surface area contributed by atoms with E-state index < -0.39 is 0 Å². The largest absolute Gasteiger partial charge is 0.352 e. The summed E-state index contributed by atoms with van der Waals surface area (Å²) in [6, 6.07) is 27.6. The molecule has 1 heterocycles. The molecule has 0 radical (unpaired) electrons. The van der Waals surface area contributed by atoms with Crippen molar-refractivity contribution in [3.63, 3.8) is 0 Å². The molecule has 0 spiro atoms. The molecule has 1 saturated heterocycles. The highest BCUT2D eigenvalue weighted by Gasteiger charge is 2.28. The normalized spacial score (nSPS) is 14.5. The molecule has 3 aromatic rings. The Morgan fingerprint density at radius 1 is 0.839 bits per heavy atom. The predicted molar refractivity (Wildman–Crippen MR) is 123 cm³/mol. The fourth-order valence-electron chi connectivity index (χ4n) is 4.26. The molecule has 1 aliphatic rings. The Morgan fingerprint density at radius 3 is 1.97 bits per heavy atom. The standard InChI is InChI=1S/C27H28N2O2/c1-20-9-8-14-23(19-20)27(31)29-17-15-24(16-18-29)28-26(30)25(21-10-4-2-5-11-21)22-12-6-3-7-13-22/h2-14,19,24-25H,15-18H2,1H3,(H,28,30). The zero-order valence-corrected chi connectivity index (χ0v) is 17.8. The monoisotopic (exact) mass is 412 g/mol. The first-order chi connectivity index (χ1) is 15.1. The molecule has 0 saturated carbocycles. The van der Waals surface area contributed by atoms with Crippen LogP contribution in [0.4, 0.5) is 0 Å². The van der Waals surface area contributed by atoms with Gasteiger partial charge in [0.25, 0.3) is 5.91 Å². The molecular formula is C27H28N2O2. The summed E-state index contributed by atoms with van der Waals surface area (Å²) in [5, 5.41) is 3.25. The van der Waals surface area contributed by atoms with Crippen molar-refractivity contribution in [2.75, 3.05) is 13.1 Å². The van der Waals surface area contributed by atoms with Crippen molar-refractivity contribution in [2.24, 2.45) is 0 Å². The third-order valence-corrected chi connectivity index (χ3v) is 5.92. The van der Waals surface area contributed by atoms with E-state index in [0.717, 1.165) is 35.1 Å². The Balaban J connectivity index is 1.41. The van der Waals surface area contributed by atoms with E-state index in [2.05, 4.69) is 5.32 Å². The highest BCUT2D eigenvalue weighted by atomic mass is 16.2. The number of benzene rings is 3. The summed E-state index contributed by atoms with van der Waals surface area (Å²) in [5.41, 5.74) is 3.79. The van der Waals surface area contributed by atoms with Crippen molar-refractivity contribution in [3.8, 4) is 0 Å². The fourth-order valence-corrected chi connectivity index (χ4v) is 4.26. The van der Waals surface area contributed by atoms with Crippen molar-refractivity contribution >= 4 is 11.8 Å². The van der Waals surface area contributed by atoms with E-state index in [1.54, 1.807) is 0 Å². The Kier molecular flexibility index (Phi) is 6.46. The van der Waals surface area contributed by atoms with E-state index in [9.17, 15) is 9.59 Å². The Hall–Kier alpha value is -3.40. The van der Waals surface area contributed by atoms with Crippen LogP contribution in [0.2, 0.25) is 0 Å². The van der Waals surface area contributed by atoms with Gasteiger partial charge in [-0.25, -0.2) is 0 Å². The smallest absolute Gasteiger partial charge is 0.253 e. The summed E-state index contributed by atoms with van der Waals surface area (Å²) in [4.78, 5) is 28.0. The van der Waals surface area contributed by atoms with Crippen molar-refractivity contribution in [1.82, 2.24) is 10.2 Å². The Bertz CT molecular complexity index is 986. The fraction of sp³-hybridized carbons (Fsp3) is 0.259. The molecule has 2 amide bonds. The van der Waals surface area contributed by atoms with Crippen LogP contribution in [-0.4, -0.2) is 35.8 Å². The number of hydrogen-bond donors (Lipinski definition) is 1. The SMILES string of the molecule is Cc1cccc(C(=O)N2CCC(NC(=O)C(c3ccccc3)c3ccccc3)CC2)c1. The van der Waals surface area contributed by atoms with Gasteiger partial charge in [-0.05, 0) is 43.0 Å².